The molecule has 0 amide bonds. The van der Waals surface area contributed by atoms with Gasteiger partial charge in [-0.05, 0) is 68.0 Å². The molecule has 0 fully saturated rings. The lowest BCUT2D eigenvalue weighted by Gasteiger charge is -2.12. The molecule has 0 aliphatic heterocycles. The van der Waals surface area contributed by atoms with Crippen molar-refractivity contribution in [2.45, 2.75) is 6.42 Å². The summed E-state index contributed by atoms with van der Waals surface area (Å²) in [4.78, 5) is 6.69. The number of methoxy groups -OCH3 is 1. The van der Waals surface area contributed by atoms with Crippen molar-refractivity contribution in [3.05, 3.63) is 96.7 Å². The van der Waals surface area contributed by atoms with Gasteiger partial charge in [-0.25, -0.2) is 4.98 Å². The molecule has 6 heteroatoms. The molecule has 0 radical (unpaired) electrons. The molecule has 38 heavy (non-hydrogen) atoms. The van der Waals surface area contributed by atoms with Crippen LogP contribution in [0.15, 0.2) is 95.5 Å². The van der Waals surface area contributed by atoms with E-state index in [4.69, 9.17) is 13.9 Å². The molecule has 3 aromatic carbocycles. The number of fused-ring (bicyclic) bond motifs is 1. The number of rotatable bonds is 11. The van der Waals surface area contributed by atoms with Gasteiger partial charge >= 0.3 is 0 Å². The highest BCUT2D eigenvalue weighted by molar-refractivity contribution is 6.06. The normalized spacial score (nSPS) is 11.2. The van der Waals surface area contributed by atoms with Crippen molar-refractivity contribution in [3.8, 4) is 33.9 Å². The highest BCUT2D eigenvalue weighted by Crippen LogP contribution is 2.43. The van der Waals surface area contributed by atoms with Crippen LogP contribution in [0.1, 0.15) is 5.56 Å². The monoisotopic (exact) mass is 507 g/mol. The van der Waals surface area contributed by atoms with Crippen molar-refractivity contribution in [3.63, 3.8) is 0 Å². The quantitative estimate of drug-likeness (QED) is 0.213. The number of para-hydroxylation sites is 1. The third kappa shape index (κ3) is 5.66. The van der Waals surface area contributed by atoms with Gasteiger partial charge < -0.3 is 24.1 Å². The van der Waals surface area contributed by atoms with E-state index in [1.165, 1.54) is 0 Å². The van der Waals surface area contributed by atoms with Crippen LogP contribution in [0.4, 0.5) is 5.69 Å². The summed E-state index contributed by atoms with van der Waals surface area (Å²) in [5.41, 5.74) is 5.83. The standard InChI is InChI=1S/C32H33N3O3/c1-35(2)21-22-37-26-15-13-25(14-16-26)31-29(24-10-5-4-6-11-24)30-27(18-20-34-32(30)38-31)33-19-17-23-9-7-8-12-28(23)36-3/h4-16,18,20H,17,19,21-22H2,1-3H3,(H,33,34). The first-order chi connectivity index (χ1) is 18.6. The lowest BCUT2D eigenvalue weighted by Crippen LogP contribution is -2.19. The maximum absolute atomic E-state index is 6.42. The highest BCUT2D eigenvalue weighted by atomic mass is 16.5. The van der Waals surface area contributed by atoms with Crippen LogP contribution >= 0.6 is 0 Å². The second-order valence-corrected chi connectivity index (χ2v) is 9.38. The number of hydrogen-bond donors (Lipinski definition) is 1. The van der Waals surface area contributed by atoms with E-state index in [-0.39, 0.29) is 0 Å². The van der Waals surface area contributed by atoms with Crippen LogP contribution in [-0.4, -0.2) is 50.8 Å². The second-order valence-electron chi connectivity index (χ2n) is 9.38. The summed E-state index contributed by atoms with van der Waals surface area (Å²) in [7, 11) is 5.78. The van der Waals surface area contributed by atoms with Gasteiger partial charge in [0.1, 0.15) is 23.9 Å². The third-order valence-electron chi connectivity index (χ3n) is 6.48. The number of pyridine rings is 1. The van der Waals surface area contributed by atoms with E-state index in [2.05, 4.69) is 33.4 Å². The Morgan fingerprint density at radius 2 is 1.63 bits per heavy atom. The van der Waals surface area contributed by atoms with Crippen LogP contribution < -0.4 is 14.8 Å². The number of benzene rings is 3. The Bertz CT molecular complexity index is 1480. The predicted molar refractivity (Wildman–Crippen MR) is 154 cm³/mol. The molecule has 0 bridgehead atoms. The molecule has 6 nitrogen and oxygen atoms in total. The zero-order valence-electron chi connectivity index (χ0n) is 22.1. The molecule has 2 heterocycles. The number of anilines is 1. The average molecular weight is 508 g/mol. The van der Waals surface area contributed by atoms with Crippen molar-refractivity contribution in [1.29, 1.82) is 0 Å². The average Bonchev–Trinajstić information content (AvgIpc) is 3.34. The van der Waals surface area contributed by atoms with Gasteiger partial charge in [0.2, 0.25) is 5.71 Å². The Balaban J connectivity index is 1.48. The highest BCUT2D eigenvalue weighted by Gasteiger charge is 2.21. The molecular formula is C32H33N3O3. The molecule has 0 atom stereocenters. The molecule has 5 rings (SSSR count). The van der Waals surface area contributed by atoms with E-state index in [9.17, 15) is 0 Å². The van der Waals surface area contributed by atoms with Gasteiger partial charge in [0.25, 0.3) is 0 Å². The summed E-state index contributed by atoms with van der Waals surface area (Å²) >= 11 is 0. The summed E-state index contributed by atoms with van der Waals surface area (Å²) in [5, 5.41) is 4.60. The van der Waals surface area contributed by atoms with Gasteiger partial charge in [0.05, 0.1) is 12.5 Å². The van der Waals surface area contributed by atoms with Crippen molar-refractivity contribution in [1.82, 2.24) is 9.88 Å². The Hall–Kier alpha value is -4.29. The largest absolute Gasteiger partial charge is 0.496 e. The number of nitrogens with one attached hydrogen (secondary N) is 1. The van der Waals surface area contributed by atoms with Crippen molar-refractivity contribution >= 4 is 16.8 Å². The van der Waals surface area contributed by atoms with E-state index in [1.54, 1.807) is 13.3 Å². The third-order valence-corrected chi connectivity index (χ3v) is 6.48. The molecule has 0 saturated carbocycles. The number of furan rings is 1. The molecule has 0 spiro atoms. The fourth-order valence-electron chi connectivity index (χ4n) is 4.54. The lowest BCUT2D eigenvalue weighted by molar-refractivity contribution is 0.261. The smallest absolute Gasteiger partial charge is 0.229 e. The number of nitrogens with zero attached hydrogens (tertiary/aromatic N) is 2. The van der Waals surface area contributed by atoms with E-state index < -0.39 is 0 Å². The first kappa shape index (κ1) is 25.4. The fraction of sp³-hybridized carbons (Fsp3) is 0.219. The molecule has 1 N–H and O–H groups in total. The first-order valence-electron chi connectivity index (χ1n) is 12.8. The summed E-state index contributed by atoms with van der Waals surface area (Å²) in [6.07, 6.45) is 2.62. The minimum Gasteiger partial charge on any atom is -0.496 e. The minimum absolute atomic E-state index is 0.604. The minimum atomic E-state index is 0.604. The Labute approximate surface area is 223 Å². The Kier molecular flexibility index (Phi) is 7.90. The molecule has 194 valence electrons. The van der Waals surface area contributed by atoms with E-state index in [0.717, 1.165) is 70.1 Å². The Morgan fingerprint density at radius 1 is 0.868 bits per heavy atom. The zero-order valence-corrected chi connectivity index (χ0v) is 22.1. The lowest BCUT2D eigenvalue weighted by atomic mass is 9.98. The zero-order chi connectivity index (χ0) is 26.3. The summed E-state index contributed by atoms with van der Waals surface area (Å²) in [5.74, 6) is 2.53. The van der Waals surface area contributed by atoms with Gasteiger partial charge in [-0.15, -0.1) is 0 Å². The second kappa shape index (κ2) is 11.8. The van der Waals surface area contributed by atoms with E-state index in [1.807, 2.05) is 80.8 Å². The van der Waals surface area contributed by atoms with Gasteiger partial charge in [-0.1, -0.05) is 48.5 Å². The predicted octanol–water partition coefficient (Wildman–Crippen LogP) is 6.77. The molecule has 0 aliphatic rings. The Morgan fingerprint density at radius 3 is 2.39 bits per heavy atom. The first-order valence-corrected chi connectivity index (χ1v) is 12.8. The summed E-state index contributed by atoms with van der Waals surface area (Å²) in [6, 6.07) is 28.5. The fourth-order valence-corrected chi connectivity index (χ4v) is 4.54. The van der Waals surface area contributed by atoms with Crippen LogP contribution in [0.3, 0.4) is 0 Å². The maximum Gasteiger partial charge on any atom is 0.229 e. The van der Waals surface area contributed by atoms with Crippen LogP contribution in [0.5, 0.6) is 11.5 Å². The van der Waals surface area contributed by atoms with Crippen LogP contribution in [0.2, 0.25) is 0 Å². The molecule has 0 saturated heterocycles. The van der Waals surface area contributed by atoms with Gasteiger partial charge in [0.15, 0.2) is 0 Å². The van der Waals surface area contributed by atoms with Gasteiger partial charge in [-0.2, -0.15) is 0 Å². The van der Waals surface area contributed by atoms with Crippen molar-refractivity contribution < 1.29 is 13.9 Å². The molecule has 5 aromatic rings. The molecule has 0 unspecified atom stereocenters. The van der Waals surface area contributed by atoms with E-state index in [0.29, 0.717) is 12.3 Å². The number of aromatic nitrogens is 1. The van der Waals surface area contributed by atoms with Crippen LogP contribution in [-0.2, 0) is 6.42 Å². The van der Waals surface area contributed by atoms with Gasteiger partial charge in [0, 0.05) is 36.1 Å². The number of ether oxygens (including phenoxy) is 2. The number of hydrogen-bond acceptors (Lipinski definition) is 6. The van der Waals surface area contributed by atoms with Crippen LogP contribution in [0.25, 0.3) is 33.6 Å². The van der Waals surface area contributed by atoms with Gasteiger partial charge in [-0.3, -0.25) is 0 Å². The van der Waals surface area contributed by atoms with Crippen molar-refractivity contribution in [2.75, 3.05) is 46.2 Å². The van der Waals surface area contributed by atoms with E-state index >= 15 is 0 Å². The molecule has 2 aromatic heterocycles. The number of likely N-dealkylation sites (N-methyl/N-ethyl adjacent to an activating group) is 1. The summed E-state index contributed by atoms with van der Waals surface area (Å²) < 4.78 is 17.8. The SMILES string of the molecule is COc1ccccc1CCNc1ccnc2oc(-c3ccc(OCCN(C)C)cc3)c(-c3ccccc3)c12. The van der Waals surface area contributed by atoms with Crippen LogP contribution in [0, 0.1) is 0 Å². The summed E-state index contributed by atoms with van der Waals surface area (Å²) in [6.45, 7) is 2.25. The molecule has 0 aliphatic carbocycles. The topological polar surface area (TPSA) is 59.8 Å². The maximum atomic E-state index is 6.42. The van der Waals surface area contributed by atoms with Crippen molar-refractivity contribution in [2.24, 2.45) is 0 Å². The molecular weight excluding hydrogens is 474 g/mol.